The van der Waals surface area contributed by atoms with Crippen LogP contribution in [0.25, 0.3) is 0 Å². The zero-order valence-electron chi connectivity index (χ0n) is 15.9. The maximum Gasteiger partial charge on any atom is 0.322 e. The lowest BCUT2D eigenvalue weighted by molar-refractivity contribution is 0.0952. The fourth-order valence-electron chi connectivity index (χ4n) is 3.04. The van der Waals surface area contributed by atoms with Gasteiger partial charge in [-0.15, -0.1) is 0 Å². The fourth-order valence-corrected chi connectivity index (χ4v) is 3.04. The number of aromatic nitrogens is 1. The molecule has 0 atom stereocenters. The van der Waals surface area contributed by atoms with Crippen molar-refractivity contribution in [3.05, 3.63) is 59.4 Å². The van der Waals surface area contributed by atoms with Crippen molar-refractivity contribution in [2.45, 2.75) is 33.2 Å². The lowest BCUT2D eigenvalue weighted by Crippen LogP contribution is -2.38. The summed E-state index contributed by atoms with van der Waals surface area (Å²) >= 11 is 0. The normalized spacial score (nSPS) is 13.2. The van der Waals surface area contributed by atoms with Crippen LogP contribution < -0.4 is 10.6 Å². The van der Waals surface area contributed by atoms with E-state index in [-0.39, 0.29) is 11.9 Å². The molecule has 3 rings (SSSR count). The van der Waals surface area contributed by atoms with Gasteiger partial charge in [-0.3, -0.25) is 9.78 Å². The topological polar surface area (TPSA) is 74.3 Å². The average Bonchev–Trinajstić information content (AvgIpc) is 2.67. The quantitative estimate of drug-likeness (QED) is 0.851. The number of benzene rings is 1. The van der Waals surface area contributed by atoms with Crippen LogP contribution in [-0.2, 0) is 13.0 Å². The van der Waals surface area contributed by atoms with E-state index in [1.807, 2.05) is 12.3 Å². The molecule has 27 heavy (non-hydrogen) atoms. The van der Waals surface area contributed by atoms with Crippen LogP contribution >= 0.6 is 0 Å². The summed E-state index contributed by atoms with van der Waals surface area (Å²) in [5, 5.41) is 5.81. The van der Waals surface area contributed by atoms with Gasteiger partial charge in [0.15, 0.2) is 0 Å². The third-order valence-corrected chi connectivity index (χ3v) is 4.71. The number of urea groups is 1. The first-order valence-electron chi connectivity index (χ1n) is 9.39. The SMILES string of the molecule is CC(C)CCNC(=O)c1ccc(NC(=O)N2CCc3ccncc3C2)cc1. The number of nitrogens with one attached hydrogen (secondary N) is 2. The van der Waals surface area contributed by atoms with E-state index in [1.54, 1.807) is 35.4 Å². The Bertz CT molecular complexity index is 802. The molecule has 0 radical (unpaired) electrons. The zero-order valence-corrected chi connectivity index (χ0v) is 15.9. The third-order valence-electron chi connectivity index (χ3n) is 4.71. The molecule has 1 aliphatic rings. The van der Waals surface area contributed by atoms with Crippen LogP contribution in [0.2, 0.25) is 0 Å². The van der Waals surface area contributed by atoms with Crippen molar-refractivity contribution in [3.8, 4) is 0 Å². The second kappa shape index (κ2) is 8.66. The predicted octanol–water partition coefficient (Wildman–Crippen LogP) is 3.45. The highest BCUT2D eigenvalue weighted by atomic mass is 16.2. The summed E-state index contributed by atoms with van der Waals surface area (Å²) in [7, 11) is 0. The molecule has 0 unspecified atom stereocenters. The van der Waals surface area contributed by atoms with E-state index in [2.05, 4.69) is 29.5 Å². The van der Waals surface area contributed by atoms with Gasteiger partial charge in [-0.2, -0.15) is 0 Å². The number of pyridine rings is 1. The lowest BCUT2D eigenvalue weighted by Gasteiger charge is -2.28. The molecule has 6 nitrogen and oxygen atoms in total. The number of carbonyl (C=O) groups excluding carboxylic acids is 2. The van der Waals surface area contributed by atoms with Crippen molar-refractivity contribution in [1.82, 2.24) is 15.2 Å². The molecule has 0 fully saturated rings. The molecule has 1 aromatic carbocycles. The summed E-state index contributed by atoms with van der Waals surface area (Å²) in [6, 6.07) is 8.85. The van der Waals surface area contributed by atoms with E-state index in [9.17, 15) is 9.59 Å². The minimum atomic E-state index is -0.140. The van der Waals surface area contributed by atoms with Crippen LogP contribution in [0.4, 0.5) is 10.5 Å². The number of rotatable bonds is 5. The number of anilines is 1. The second-order valence-electron chi connectivity index (χ2n) is 7.26. The molecule has 0 saturated heterocycles. The largest absolute Gasteiger partial charge is 0.352 e. The summed E-state index contributed by atoms with van der Waals surface area (Å²) in [6.07, 6.45) is 5.39. The Labute approximate surface area is 160 Å². The molecule has 3 amide bonds. The third kappa shape index (κ3) is 5.06. The number of carbonyl (C=O) groups is 2. The highest BCUT2D eigenvalue weighted by Gasteiger charge is 2.20. The van der Waals surface area contributed by atoms with Gasteiger partial charge in [-0.05, 0) is 60.2 Å². The molecule has 0 aliphatic carbocycles. The van der Waals surface area contributed by atoms with E-state index in [0.717, 1.165) is 18.4 Å². The van der Waals surface area contributed by atoms with Gasteiger partial charge in [0.25, 0.3) is 5.91 Å². The Hall–Kier alpha value is -2.89. The Balaban J connectivity index is 1.54. The number of amides is 3. The van der Waals surface area contributed by atoms with E-state index in [4.69, 9.17) is 0 Å². The molecule has 0 spiro atoms. The maximum absolute atomic E-state index is 12.5. The molecule has 6 heteroatoms. The molecule has 1 aliphatic heterocycles. The molecule has 142 valence electrons. The van der Waals surface area contributed by atoms with Crippen LogP contribution in [0.3, 0.4) is 0 Å². The van der Waals surface area contributed by atoms with Gasteiger partial charge < -0.3 is 15.5 Å². The van der Waals surface area contributed by atoms with Crippen LogP contribution in [-0.4, -0.2) is 34.9 Å². The summed E-state index contributed by atoms with van der Waals surface area (Å²) in [6.45, 7) is 6.16. The number of hydrogen-bond donors (Lipinski definition) is 2. The van der Waals surface area contributed by atoms with Gasteiger partial charge in [0, 0.05) is 43.3 Å². The Morgan fingerprint density at radius 2 is 1.93 bits per heavy atom. The number of nitrogens with zero attached hydrogens (tertiary/aromatic N) is 2. The minimum Gasteiger partial charge on any atom is -0.352 e. The van der Waals surface area contributed by atoms with Gasteiger partial charge in [-0.1, -0.05) is 13.8 Å². The van der Waals surface area contributed by atoms with Gasteiger partial charge >= 0.3 is 6.03 Å². The molecular formula is C21H26N4O2. The van der Waals surface area contributed by atoms with Gasteiger partial charge in [0.2, 0.25) is 0 Å². The molecule has 0 saturated carbocycles. The average molecular weight is 366 g/mol. The zero-order chi connectivity index (χ0) is 19.2. The maximum atomic E-state index is 12.5. The van der Waals surface area contributed by atoms with Crippen molar-refractivity contribution >= 4 is 17.6 Å². The Morgan fingerprint density at radius 3 is 2.67 bits per heavy atom. The standard InChI is InChI=1S/C21H26N4O2/c1-15(2)7-11-23-20(26)17-3-5-19(6-4-17)24-21(27)25-12-9-16-8-10-22-13-18(16)14-25/h3-6,8,10,13,15H,7,9,11-12,14H2,1-2H3,(H,23,26)(H,24,27). The van der Waals surface area contributed by atoms with E-state index in [0.29, 0.717) is 36.8 Å². The van der Waals surface area contributed by atoms with Crippen molar-refractivity contribution in [3.63, 3.8) is 0 Å². The van der Waals surface area contributed by atoms with Crippen molar-refractivity contribution < 1.29 is 9.59 Å². The number of fused-ring (bicyclic) bond motifs is 1. The first kappa shape index (κ1) is 18.9. The van der Waals surface area contributed by atoms with Crippen molar-refractivity contribution in [1.29, 1.82) is 0 Å². The lowest BCUT2D eigenvalue weighted by atomic mass is 10.0. The predicted molar refractivity (Wildman–Crippen MR) is 106 cm³/mol. The summed E-state index contributed by atoms with van der Waals surface area (Å²) in [5.41, 5.74) is 3.61. The fraction of sp³-hybridized carbons (Fsp3) is 0.381. The second-order valence-corrected chi connectivity index (χ2v) is 7.26. The number of hydrogen-bond acceptors (Lipinski definition) is 3. The Kier molecular flexibility index (Phi) is 6.06. The van der Waals surface area contributed by atoms with E-state index in [1.165, 1.54) is 5.56 Å². The van der Waals surface area contributed by atoms with Crippen LogP contribution in [0.1, 0.15) is 41.8 Å². The van der Waals surface area contributed by atoms with Gasteiger partial charge in [0.05, 0.1) is 0 Å². The van der Waals surface area contributed by atoms with E-state index >= 15 is 0 Å². The smallest absolute Gasteiger partial charge is 0.322 e. The highest BCUT2D eigenvalue weighted by molar-refractivity contribution is 5.95. The molecular weight excluding hydrogens is 340 g/mol. The minimum absolute atomic E-state index is 0.0892. The molecule has 2 aromatic rings. The summed E-state index contributed by atoms with van der Waals surface area (Å²) < 4.78 is 0. The van der Waals surface area contributed by atoms with Gasteiger partial charge in [0.1, 0.15) is 0 Å². The van der Waals surface area contributed by atoms with Crippen molar-refractivity contribution in [2.75, 3.05) is 18.4 Å². The van der Waals surface area contributed by atoms with Gasteiger partial charge in [-0.25, -0.2) is 4.79 Å². The first-order valence-corrected chi connectivity index (χ1v) is 9.39. The molecule has 2 heterocycles. The Morgan fingerprint density at radius 1 is 1.15 bits per heavy atom. The molecule has 1 aromatic heterocycles. The van der Waals surface area contributed by atoms with Crippen LogP contribution in [0.15, 0.2) is 42.7 Å². The highest BCUT2D eigenvalue weighted by Crippen LogP contribution is 2.19. The summed E-state index contributed by atoms with van der Waals surface area (Å²) in [5.74, 6) is 0.467. The van der Waals surface area contributed by atoms with Crippen LogP contribution in [0.5, 0.6) is 0 Å². The first-order chi connectivity index (χ1) is 13.0. The van der Waals surface area contributed by atoms with E-state index < -0.39 is 0 Å². The monoisotopic (exact) mass is 366 g/mol. The summed E-state index contributed by atoms with van der Waals surface area (Å²) in [4.78, 5) is 30.5. The molecule has 2 N–H and O–H groups in total. The van der Waals surface area contributed by atoms with Crippen LogP contribution in [0, 0.1) is 5.92 Å². The molecule has 0 bridgehead atoms. The van der Waals surface area contributed by atoms with Crippen molar-refractivity contribution in [2.24, 2.45) is 5.92 Å².